The van der Waals surface area contributed by atoms with Gasteiger partial charge in [0.2, 0.25) is 0 Å². The van der Waals surface area contributed by atoms with Crippen LogP contribution in [0.4, 0.5) is 5.69 Å². The van der Waals surface area contributed by atoms with Gasteiger partial charge in [0.05, 0.1) is 27.7 Å². The third kappa shape index (κ3) is 2.47. The van der Waals surface area contributed by atoms with Crippen molar-refractivity contribution in [2.75, 3.05) is 5.32 Å². The van der Waals surface area contributed by atoms with Crippen LogP contribution in [0.15, 0.2) is 12.3 Å². The molecule has 2 aromatic rings. The summed E-state index contributed by atoms with van der Waals surface area (Å²) in [4.78, 5) is 15.8. The van der Waals surface area contributed by atoms with Crippen LogP contribution in [0.3, 0.4) is 0 Å². The van der Waals surface area contributed by atoms with Crippen LogP contribution >= 0.6 is 23.2 Å². The number of rotatable bonds is 2. The fourth-order valence-corrected chi connectivity index (χ4v) is 1.74. The van der Waals surface area contributed by atoms with Crippen molar-refractivity contribution in [3.8, 4) is 0 Å². The highest BCUT2D eigenvalue weighted by molar-refractivity contribution is 6.41. The van der Waals surface area contributed by atoms with E-state index in [1.54, 1.807) is 6.92 Å². The molecule has 2 N–H and O–H groups in total. The van der Waals surface area contributed by atoms with Gasteiger partial charge in [0.25, 0.3) is 5.91 Å². The molecule has 0 aliphatic rings. The van der Waals surface area contributed by atoms with E-state index in [2.05, 4.69) is 20.5 Å². The minimum absolute atomic E-state index is 0.170. The lowest BCUT2D eigenvalue weighted by Crippen LogP contribution is -2.13. The van der Waals surface area contributed by atoms with E-state index in [1.165, 1.54) is 12.3 Å². The van der Waals surface area contributed by atoms with Gasteiger partial charge in [-0.15, -0.1) is 0 Å². The van der Waals surface area contributed by atoms with Crippen molar-refractivity contribution >= 4 is 34.8 Å². The number of aryl methyl sites for hydroxylation is 2. The summed E-state index contributed by atoms with van der Waals surface area (Å²) >= 11 is 11.5. The maximum absolute atomic E-state index is 12.0. The first-order valence-electron chi connectivity index (χ1n) is 5.13. The van der Waals surface area contributed by atoms with Crippen LogP contribution < -0.4 is 5.32 Å². The average Bonchev–Trinajstić information content (AvgIpc) is 2.64. The first kappa shape index (κ1) is 12.9. The summed E-state index contributed by atoms with van der Waals surface area (Å²) in [6, 6.07) is 1.47. The maximum Gasteiger partial charge on any atom is 0.257 e. The van der Waals surface area contributed by atoms with Crippen LogP contribution in [0.1, 0.15) is 21.7 Å². The molecule has 5 nitrogen and oxygen atoms in total. The maximum atomic E-state index is 12.0. The van der Waals surface area contributed by atoms with Crippen molar-refractivity contribution in [3.63, 3.8) is 0 Å². The lowest BCUT2D eigenvalue weighted by molar-refractivity contribution is 0.102. The van der Waals surface area contributed by atoms with Gasteiger partial charge in [-0.3, -0.25) is 9.89 Å². The van der Waals surface area contributed by atoms with E-state index >= 15 is 0 Å². The Hall–Kier alpha value is -1.59. The van der Waals surface area contributed by atoms with E-state index < -0.39 is 0 Å². The highest BCUT2D eigenvalue weighted by Crippen LogP contribution is 2.21. The molecule has 1 amide bonds. The number of nitrogens with zero attached hydrogens (tertiary/aromatic N) is 2. The molecule has 2 heterocycles. The Morgan fingerprint density at radius 2 is 2.11 bits per heavy atom. The first-order valence-corrected chi connectivity index (χ1v) is 5.88. The number of anilines is 1. The van der Waals surface area contributed by atoms with Crippen LogP contribution in [-0.2, 0) is 0 Å². The summed E-state index contributed by atoms with van der Waals surface area (Å²) in [5.41, 5.74) is 2.50. The van der Waals surface area contributed by atoms with Crippen molar-refractivity contribution in [2.24, 2.45) is 0 Å². The smallest absolute Gasteiger partial charge is 0.257 e. The molecule has 0 radical (unpaired) electrons. The first-order chi connectivity index (χ1) is 8.49. The molecule has 0 atom stereocenters. The number of amides is 1. The van der Waals surface area contributed by atoms with Crippen LogP contribution in [0.25, 0.3) is 0 Å². The van der Waals surface area contributed by atoms with Gasteiger partial charge >= 0.3 is 0 Å². The van der Waals surface area contributed by atoms with Crippen molar-refractivity contribution < 1.29 is 4.79 Å². The standard InChI is InChI=1S/C11H10Cl2N4O/c1-5-9(6(2)17-16-5)15-11(18)7-3-8(12)10(13)14-4-7/h3-4H,1-2H3,(H,15,18)(H,16,17). The molecule has 7 heteroatoms. The zero-order valence-corrected chi connectivity index (χ0v) is 11.2. The Morgan fingerprint density at radius 3 is 2.67 bits per heavy atom. The minimum atomic E-state index is -0.311. The zero-order chi connectivity index (χ0) is 13.3. The SMILES string of the molecule is Cc1n[nH]c(C)c1NC(=O)c1cnc(Cl)c(Cl)c1. The Morgan fingerprint density at radius 1 is 1.39 bits per heavy atom. The predicted octanol–water partition coefficient (Wildman–Crippen LogP) is 2.98. The number of carbonyl (C=O) groups is 1. The number of pyridine rings is 1. The van der Waals surface area contributed by atoms with Crippen molar-refractivity contribution in [2.45, 2.75) is 13.8 Å². The molecule has 2 rings (SSSR count). The Labute approximate surface area is 114 Å². The number of aromatic nitrogens is 3. The number of hydrogen-bond acceptors (Lipinski definition) is 3. The number of hydrogen-bond donors (Lipinski definition) is 2. The Bertz CT molecular complexity index is 590. The highest BCUT2D eigenvalue weighted by Gasteiger charge is 2.13. The van der Waals surface area contributed by atoms with Crippen LogP contribution in [-0.4, -0.2) is 21.1 Å². The number of aromatic amines is 1. The van der Waals surface area contributed by atoms with E-state index in [0.29, 0.717) is 16.9 Å². The molecule has 94 valence electrons. The van der Waals surface area contributed by atoms with Gasteiger partial charge in [0, 0.05) is 6.20 Å². The molecule has 0 unspecified atom stereocenters. The van der Waals surface area contributed by atoms with Gasteiger partial charge in [-0.05, 0) is 19.9 Å². The monoisotopic (exact) mass is 284 g/mol. The molecule has 0 aromatic carbocycles. The highest BCUT2D eigenvalue weighted by atomic mass is 35.5. The Balaban J connectivity index is 2.25. The fourth-order valence-electron chi connectivity index (χ4n) is 1.47. The number of nitrogens with one attached hydrogen (secondary N) is 2. The summed E-state index contributed by atoms with van der Waals surface area (Å²) in [7, 11) is 0. The van der Waals surface area contributed by atoms with Crippen LogP contribution in [0.5, 0.6) is 0 Å². The van der Waals surface area contributed by atoms with Gasteiger partial charge < -0.3 is 5.32 Å². The lowest BCUT2D eigenvalue weighted by Gasteiger charge is -2.05. The van der Waals surface area contributed by atoms with Crippen molar-refractivity contribution in [1.82, 2.24) is 15.2 Å². The van der Waals surface area contributed by atoms with Crippen LogP contribution in [0.2, 0.25) is 10.2 Å². The molecule has 18 heavy (non-hydrogen) atoms. The molecule has 0 saturated heterocycles. The molecular weight excluding hydrogens is 275 g/mol. The van der Waals surface area contributed by atoms with Gasteiger partial charge in [-0.1, -0.05) is 23.2 Å². The molecule has 2 aromatic heterocycles. The van der Waals surface area contributed by atoms with Crippen molar-refractivity contribution in [3.05, 3.63) is 39.4 Å². The number of H-pyrrole nitrogens is 1. The number of halogens is 2. The topological polar surface area (TPSA) is 70.7 Å². The third-order valence-corrected chi connectivity index (χ3v) is 3.11. The van der Waals surface area contributed by atoms with Crippen LogP contribution in [0, 0.1) is 13.8 Å². The van der Waals surface area contributed by atoms with E-state index in [1.807, 2.05) is 6.92 Å². The predicted molar refractivity (Wildman–Crippen MR) is 70.3 cm³/mol. The van der Waals surface area contributed by atoms with E-state index in [0.717, 1.165) is 5.69 Å². The minimum Gasteiger partial charge on any atom is -0.319 e. The quantitative estimate of drug-likeness (QED) is 0.833. The summed E-state index contributed by atoms with van der Waals surface area (Å²) in [5, 5.41) is 9.94. The lowest BCUT2D eigenvalue weighted by atomic mass is 10.2. The summed E-state index contributed by atoms with van der Waals surface area (Å²) in [6.07, 6.45) is 1.37. The van der Waals surface area contributed by atoms with E-state index in [-0.39, 0.29) is 16.1 Å². The second-order valence-corrected chi connectivity index (χ2v) is 4.52. The zero-order valence-electron chi connectivity index (χ0n) is 9.71. The average molecular weight is 285 g/mol. The molecule has 0 saturated carbocycles. The van der Waals surface area contributed by atoms with E-state index in [4.69, 9.17) is 23.2 Å². The molecular formula is C11H10Cl2N4O. The number of carbonyl (C=O) groups excluding carboxylic acids is 1. The molecule has 0 aliphatic heterocycles. The fraction of sp³-hybridized carbons (Fsp3) is 0.182. The molecule has 0 aliphatic carbocycles. The van der Waals surface area contributed by atoms with Crippen molar-refractivity contribution in [1.29, 1.82) is 0 Å². The Kier molecular flexibility index (Phi) is 3.54. The van der Waals surface area contributed by atoms with Gasteiger partial charge in [-0.2, -0.15) is 5.10 Å². The van der Waals surface area contributed by atoms with Gasteiger partial charge in [0.15, 0.2) is 0 Å². The summed E-state index contributed by atoms with van der Waals surface area (Å²) < 4.78 is 0. The molecule has 0 spiro atoms. The summed E-state index contributed by atoms with van der Waals surface area (Å²) in [5.74, 6) is -0.311. The second-order valence-electron chi connectivity index (χ2n) is 3.76. The summed E-state index contributed by atoms with van der Waals surface area (Å²) in [6.45, 7) is 3.62. The molecule has 0 bridgehead atoms. The normalized spacial score (nSPS) is 10.4. The van der Waals surface area contributed by atoms with Gasteiger partial charge in [-0.25, -0.2) is 4.98 Å². The van der Waals surface area contributed by atoms with E-state index in [9.17, 15) is 4.79 Å². The second kappa shape index (κ2) is 4.96. The third-order valence-electron chi connectivity index (χ3n) is 2.43. The van der Waals surface area contributed by atoms with Gasteiger partial charge in [0.1, 0.15) is 5.15 Å². The largest absolute Gasteiger partial charge is 0.319 e. The molecule has 0 fully saturated rings.